The summed E-state index contributed by atoms with van der Waals surface area (Å²) in [7, 11) is -2.77. The fourth-order valence-electron chi connectivity index (χ4n) is 3.70. The van der Waals surface area contributed by atoms with E-state index in [1.165, 1.54) is 25.3 Å². The maximum atomic E-state index is 13.4. The third kappa shape index (κ3) is 5.39. The summed E-state index contributed by atoms with van der Waals surface area (Å²) in [6.07, 6.45) is 0.152. The number of fused-ring (bicyclic) bond motifs is 1. The van der Waals surface area contributed by atoms with E-state index in [0.717, 1.165) is 16.3 Å². The van der Waals surface area contributed by atoms with Crippen molar-refractivity contribution in [2.45, 2.75) is 17.4 Å². The molecule has 0 saturated heterocycles. The van der Waals surface area contributed by atoms with Crippen LogP contribution in [0.4, 0.5) is 5.69 Å². The van der Waals surface area contributed by atoms with Gasteiger partial charge < -0.3 is 10.1 Å². The van der Waals surface area contributed by atoms with Gasteiger partial charge in [-0.15, -0.1) is 0 Å². The van der Waals surface area contributed by atoms with Gasteiger partial charge in [0, 0.05) is 16.1 Å². The second kappa shape index (κ2) is 10.3. The summed E-state index contributed by atoms with van der Waals surface area (Å²) in [4.78, 5) is 13.3. The van der Waals surface area contributed by atoms with Gasteiger partial charge in [-0.25, -0.2) is 8.42 Å². The van der Waals surface area contributed by atoms with Gasteiger partial charge >= 0.3 is 0 Å². The van der Waals surface area contributed by atoms with Crippen LogP contribution in [0.5, 0.6) is 5.75 Å². The Morgan fingerprint density at radius 3 is 2.41 bits per heavy atom. The Hall–Kier alpha value is -3.39. The van der Waals surface area contributed by atoms with Crippen LogP contribution in [0, 0.1) is 0 Å². The van der Waals surface area contributed by atoms with Gasteiger partial charge in [-0.1, -0.05) is 78.3 Å². The summed E-state index contributed by atoms with van der Waals surface area (Å²) in [5, 5.41) is 4.95. The van der Waals surface area contributed by atoms with E-state index in [2.05, 4.69) is 10.0 Å². The molecule has 8 heteroatoms. The normalized spacial score (nSPS) is 12.3. The van der Waals surface area contributed by atoms with Gasteiger partial charge in [0.1, 0.15) is 16.7 Å². The van der Waals surface area contributed by atoms with Gasteiger partial charge in [-0.05, 0) is 41.6 Å². The first-order valence-corrected chi connectivity index (χ1v) is 12.4. The molecule has 0 aromatic heterocycles. The van der Waals surface area contributed by atoms with E-state index < -0.39 is 22.0 Å². The van der Waals surface area contributed by atoms with E-state index in [9.17, 15) is 13.2 Å². The molecule has 2 N–H and O–H groups in total. The quantitative estimate of drug-likeness (QED) is 0.360. The summed E-state index contributed by atoms with van der Waals surface area (Å²) < 4.78 is 34.4. The molecule has 0 saturated carbocycles. The molecule has 0 aliphatic rings. The van der Waals surface area contributed by atoms with Crippen LogP contribution in [0.3, 0.4) is 0 Å². The molecule has 4 aromatic carbocycles. The number of sulfonamides is 1. The molecule has 0 spiro atoms. The van der Waals surface area contributed by atoms with E-state index in [-0.39, 0.29) is 22.1 Å². The van der Waals surface area contributed by atoms with Crippen LogP contribution >= 0.6 is 11.6 Å². The molecule has 34 heavy (non-hydrogen) atoms. The molecule has 0 aliphatic carbocycles. The molecule has 1 amide bonds. The molecule has 0 unspecified atom stereocenters. The number of methoxy groups -OCH3 is 1. The standard InChI is InChI=1S/C26H23ClN2O4S/c1-33-24-15-14-20(27)17-25(24)34(31,32)29-23(16-18-8-3-2-4-9-18)26(30)28-22-13-7-11-19-10-5-6-12-21(19)22/h2-15,17,23,29H,16H2,1H3,(H,28,30)/t23-/m0/s1. The number of benzene rings is 4. The lowest BCUT2D eigenvalue weighted by molar-refractivity contribution is -0.117. The zero-order chi connectivity index (χ0) is 24.1. The Labute approximate surface area is 203 Å². The molecule has 0 heterocycles. The number of nitrogens with one attached hydrogen (secondary N) is 2. The fraction of sp³-hybridized carbons (Fsp3) is 0.115. The van der Waals surface area contributed by atoms with Crippen molar-refractivity contribution in [2.75, 3.05) is 12.4 Å². The fourth-order valence-corrected chi connectivity index (χ4v) is 5.33. The van der Waals surface area contributed by atoms with Crippen LogP contribution in [0.2, 0.25) is 5.02 Å². The number of rotatable bonds is 8. The highest BCUT2D eigenvalue weighted by atomic mass is 35.5. The number of hydrogen-bond donors (Lipinski definition) is 2. The molecular weight excluding hydrogens is 472 g/mol. The zero-order valence-electron chi connectivity index (χ0n) is 18.4. The Bertz CT molecular complexity index is 1420. The van der Waals surface area contributed by atoms with Crippen molar-refractivity contribution in [2.24, 2.45) is 0 Å². The maximum absolute atomic E-state index is 13.4. The first-order chi connectivity index (χ1) is 16.4. The minimum Gasteiger partial charge on any atom is -0.495 e. The van der Waals surface area contributed by atoms with Gasteiger partial charge in [0.2, 0.25) is 15.9 Å². The van der Waals surface area contributed by atoms with E-state index in [0.29, 0.717) is 5.69 Å². The van der Waals surface area contributed by atoms with Crippen molar-refractivity contribution >= 4 is 44.0 Å². The van der Waals surface area contributed by atoms with Crippen LogP contribution in [0.1, 0.15) is 5.56 Å². The monoisotopic (exact) mass is 494 g/mol. The number of hydrogen-bond acceptors (Lipinski definition) is 4. The summed E-state index contributed by atoms with van der Waals surface area (Å²) in [6, 6.07) is 25.6. The van der Waals surface area contributed by atoms with E-state index in [1.807, 2.05) is 66.7 Å². The number of anilines is 1. The van der Waals surface area contributed by atoms with Gasteiger partial charge in [0.15, 0.2) is 0 Å². The largest absolute Gasteiger partial charge is 0.495 e. The lowest BCUT2D eigenvalue weighted by Gasteiger charge is -2.20. The summed E-state index contributed by atoms with van der Waals surface area (Å²) in [6.45, 7) is 0. The molecule has 0 aliphatic heterocycles. The molecule has 0 bridgehead atoms. The Morgan fingerprint density at radius 2 is 1.65 bits per heavy atom. The van der Waals surface area contributed by atoms with Crippen molar-refractivity contribution in [3.63, 3.8) is 0 Å². The Kier molecular flexibility index (Phi) is 7.17. The summed E-state index contributed by atoms with van der Waals surface area (Å²) in [5.41, 5.74) is 1.40. The van der Waals surface area contributed by atoms with Gasteiger partial charge in [0.25, 0.3) is 0 Å². The summed E-state index contributed by atoms with van der Waals surface area (Å²) in [5.74, 6) is -0.352. The maximum Gasteiger partial charge on any atom is 0.245 e. The van der Waals surface area contributed by atoms with Crippen LogP contribution in [-0.2, 0) is 21.2 Å². The number of carbonyl (C=O) groups is 1. The van der Waals surface area contributed by atoms with Crippen LogP contribution < -0.4 is 14.8 Å². The Morgan fingerprint density at radius 1 is 0.941 bits per heavy atom. The van der Waals surface area contributed by atoms with E-state index >= 15 is 0 Å². The second-order valence-electron chi connectivity index (χ2n) is 7.67. The molecule has 4 rings (SSSR count). The highest BCUT2D eigenvalue weighted by Gasteiger charge is 2.29. The second-order valence-corrected chi connectivity index (χ2v) is 9.79. The first kappa shape index (κ1) is 23.8. The van der Waals surface area contributed by atoms with Gasteiger partial charge in [-0.2, -0.15) is 4.72 Å². The SMILES string of the molecule is COc1ccc(Cl)cc1S(=O)(=O)N[C@@H](Cc1ccccc1)C(=O)Nc1cccc2ccccc12. The predicted molar refractivity (Wildman–Crippen MR) is 135 cm³/mol. The zero-order valence-corrected chi connectivity index (χ0v) is 19.9. The third-order valence-electron chi connectivity index (χ3n) is 5.36. The molecule has 1 atom stereocenters. The number of halogens is 1. The highest BCUT2D eigenvalue weighted by Crippen LogP contribution is 2.28. The Balaban J connectivity index is 1.68. The molecule has 0 fully saturated rings. The van der Waals surface area contributed by atoms with Crippen molar-refractivity contribution in [1.82, 2.24) is 4.72 Å². The van der Waals surface area contributed by atoms with Crippen LogP contribution in [0.15, 0.2) is 95.9 Å². The topological polar surface area (TPSA) is 84.5 Å². The predicted octanol–water partition coefficient (Wildman–Crippen LogP) is 5.03. The number of carbonyl (C=O) groups excluding carboxylic acids is 1. The van der Waals surface area contributed by atoms with E-state index in [4.69, 9.17) is 16.3 Å². The van der Waals surface area contributed by atoms with Crippen molar-refractivity contribution < 1.29 is 17.9 Å². The molecule has 174 valence electrons. The smallest absolute Gasteiger partial charge is 0.245 e. The average Bonchev–Trinajstić information content (AvgIpc) is 2.84. The average molecular weight is 495 g/mol. The lowest BCUT2D eigenvalue weighted by atomic mass is 10.1. The van der Waals surface area contributed by atoms with Crippen LogP contribution in [0.25, 0.3) is 10.8 Å². The molecule has 0 radical (unpaired) electrons. The van der Waals surface area contributed by atoms with Crippen molar-refractivity contribution in [3.05, 3.63) is 102 Å². The van der Waals surface area contributed by atoms with Crippen molar-refractivity contribution in [3.8, 4) is 5.75 Å². The summed E-state index contributed by atoms with van der Waals surface area (Å²) >= 11 is 6.04. The molecule has 4 aromatic rings. The highest BCUT2D eigenvalue weighted by molar-refractivity contribution is 7.89. The minimum atomic E-state index is -4.14. The van der Waals surface area contributed by atoms with E-state index in [1.54, 1.807) is 6.07 Å². The van der Waals surface area contributed by atoms with Gasteiger partial charge in [0.05, 0.1) is 7.11 Å². The number of ether oxygens (including phenoxy) is 1. The molecular formula is C26H23ClN2O4S. The van der Waals surface area contributed by atoms with Gasteiger partial charge in [-0.3, -0.25) is 4.79 Å². The molecule has 6 nitrogen and oxygen atoms in total. The lowest BCUT2D eigenvalue weighted by Crippen LogP contribution is -2.45. The third-order valence-corrected chi connectivity index (χ3v) is 7.09. The van der Waals surface area contributed by atoms with Crippen LogP contribution in [-0.4, -0.2) is 27.5 Å². The number of amides is 1. The van der Waals surface area contributed by atoms with Crippen molar-refractivity contribution in [1.29, 1.82) is 0 Å². The first-order valence-electron chi connectivity index (χ1n) is 10.6. The minimum absolute atomic E-state index is 0.129.